The molecule has 2 aromatic heterocycles. The van der Waals surface area contributed by atoms with Gasteiger partial charge in [0.2, 0.25) is 5.91 Å². The van der Waals surface area contributed by atoms with Gasteiger partial charge in [-0.05, 0) is 54.8 Å². The largest absolute Gasteiger partial charge is 0.366 e. The lowest BCUT2D eigenvalue weighted by Crippen LogP contribution is -2.12. The van der Waals surface area contributed by atoms with Crippen LogP contribution in [0.3, 0.4) is 0 Å². The van der Waals surface area contributed by atoms with Crippen molar-refractivity contribution < 1.29 is 18.1 Å². The zero-order valence-electron chi connectivity index (χ0n) is 18.7. The van der Waals surface area contributed by atoms with Gasteiger partial charge in [0.05, 0.1) is 17.0 Å². The third-order valence-corrected chi connectivity index (χ3v) is 6.67. The molecule has 172 valence electrons. The molecule has 0 aliphatic heterocycles. The van der Waals surface area contributed by atoms with Crippen molar-refractivity contribution in [2.24, 2.45) is 5.73 Å². The highest BCUT2D eigenvalue weighted by molar-refractivity contribution is 7.78. The van der Waals surface area contributed by atoms with E-state index in [1.54, 1.807) is 6.07 Å². The van der Waals surface area contributed by atoms with Crippen molar-refractivity contribution >= 4 is 38.8 Å². The number of amides is 1. The Bertz CT molecular complexity index is 1570. The third kappa shape index (κ3) is 3.81. The number of nitrogens with zero attached hydrogens (tertiary/aromatic N) is 2. The first-order chi connectivity index (χ1) is 16.3. The molecule has 0 radical (unpaired) electrons. The van der Waals surface area contributed by atoms with Crippen molar-refractivity contribution in [3.63, 3.8) is 0 Å². The molecule has 1 amide bonds. The maximum absolute atomic E-state index is 12.7. The molecule has 0 spiro atoms. The monoisotopic (exact) mass is 473 g/mol. The Morgan fingerprint density at radius 1 is 1.06 bits per heavy atom. The Kier molecular flexibility index (Phi) is 5.55. The molecule has 0 bridgehead atoms. The summed E-state index contributed by atoms with van der Waals surface area (Å²) in [6.45, 7) is 4.28. The van der Waals surface area contributed by atoms with E-state index in [2.05, 4.69) is 9.72 Å². The molecule has 5 aromatic rings. The smallest absolute Gasteiger partial charge is 0.249 e. The van der Waals surface area contributed by atoms with Crippen LogP contribution in [-0.4, -0.2) is 24.4 Å². The second-order valence-electron chi connectivity index (χ2n) is 8.37. The Morgan fingerprint density at radius 2 is 1.82 bits per heavy atom. The fourth-order valence-corrected chi connectivity index (χ4v) is 5.14. The molecular weight excluding hydrogens is 450 g/mol. The van der Waals surface area contributed by atoms with Crippen LogP contribution >= 0.6 is 0 Å². The minimum Gasteiger partial charge on any atom is -0.366 e. The standard InChI is InChI=1S/C26H23N3O4S/c1-15-24(16(2)33-28-15)19-11-21(26(27)30)25-20-10-18(14-34(31)32)8-9-22(20)29(23(25)12-19)13-17-6-4-3-5-7-17/h3-12H,13-14H2,1-2H3,(H2,27,30)(H,31,32). The first kappa shape index (κ1) is 22.1. The molecule has 1 atom stereocenters. The van der Waals surface area contributed by atoms with Gasteiger partial charge in [-0.3, -0.25) is 4.79 Å². The van der Waals surface area contributed by atoms with Gasteiger partial charge in [0.1, 0.15) is 5.76 Å². The highest BCUT2D eigenvalue weighted by Crippen LogP contribution is 2.38. The van der Waals surface area contributed by atoms with Crippen LogP contribution in [0.4, 0.5) is 0 Å². The summed E-state index contributed by atoms with van der Waals surface area (Å²) in [5.41, 5.74) is 12.2. The maximum Gasteiger partial charge on any atom is 0.249 e. The summed E-state index contributed by atoms with van der Waals surface area (Å²) in [5.74, 6) is 0.115. The van der Waals surface area contributed by atoms with E-state index in [4.69, 9.17) is 10.3 Å². The highest BCUT2D eigenvalue weighted by atomic mass is 32.2. The number of carbonyl (C=O) groups is 1. The highest BCUT2D eigenvalue weighted by Gasteiger charge is 2.21. The van der Waals surface area contributed by atoms with Gasteiger partial charge in [-0.25, -0.2) is 4.21 Å². The number of primary amides is 1. The number of aromatic nitrogens is 2. The van der Waals surface area contributed by atoms with Gasteiger partial charge in [-0.1, -0.05) is 41.6 Å². The molecular formula is C26H23N3O4S. The van der Waals surface area contributed by atoms with Crippen molar-refractivity contribution in [2.75, 3.05) is 0 Å². The summed E-state index contributed by atoms with van der Waals surface area (Å²) >= 11 is -1.98. The lowest BCUT2D eigenvalue weighted by atomic mass is 9.97. The summed E-state index contributed by atoms with van der Waals surface area (Å²) in [4.78, 5) is 12.7. The normalized spacial score (nSPS) is 12.4. The molecule has 3 N–H and O–H groups in total. The van der Waals surface area contributed by atoms with Crippen molar-refractivity contribution in [1.82, 2.24) is 9.72 Å². The molecule has 7 nitrogen and oxygen atoms in total. The molecule has 5 rings (SSSR count). The van der Waals surface area contributed by atoms with Gasteiger partial charge >= 0.3 is 0 Å². The van der Waals surface area contributed by atoms with Crippen LogP contribution in [0, 0.1) is 13.8 Å². The van der Waals surface area contributed by atoms with E-state index in [1.165, 1.54) is 0 Å². The molecule has 0 saturated carbocycles. The van der Waals surface area contributed by atoms with E-state index in [0.29, 0.717) is 23.4 Å². The van der Waals surface area contributed by atoms with Crippen LogP contribution < -0.4 is 5.73 Å². The SMILES string of the molecule is Cc1noc(C)c1-c1cc(C(N)=O)c2c3cc(CS(=O)O)ccc3n(Cc3ccccc3)c2c1. The minimum absolute atomic E-state index is 0.00433. The van der Waals surface area contributed by atoms with E-state index in [-0.39, 0.29) is 5.75 Å². The molecule has 3 aromatic carbocycles. The van der Waals surface area contributed by atoms with Gasteiger partial charge in [0, 0.05) is 34.0 Å². The fraction of sp³-hybridized carbons (Fsp3) is 0.154. The number of nitrogens with two attached hydrogens (primary N) is 1. The summed E-state index contributed by atoms with van der Waals surface area (Å²) in [5, 5.41) is 5.60. The number of carbonyl (C=O) groups excluding carboxylic acids is 1. The Balaban J connectivity index is 1.87. The number of hydrogen-bond donors (Lipinski definition) is 2. The second kappa shape index (κ2) is 8.55. The van der Waals surface area contributed by atoms with Crippen molar-refractivity contribution in [1.29, 1.82) is 0 Å². The summed E-state index contributed by atoms with van der Waals surface area (Å²) in [6.07, 6.45) is 0. The van der Waals surface area contributed by atoms with Crippen LogP contribution in [0.2, 0.25) is 0 Å². The number of aryl methyl sites for hydroxylation is 2. The molecule has 0 fully saturated rings. The van der Waals surface area contributed by atoms with Gasteiger partial charge in [-0.2, -0.15) is 0 Å². The van der Waals surface area contributed by atoms with Gasteiger partial charge < -0.3 is 19.4 Å². The van der Waals surface area contributed by atoms with Gasteiger partial charge in [-0.15, -0.1) is 0 Å². The lowest BCUT2D eigenvalue weighted by molar-refractivity contribution is 0.100. The Labute approximate surface area is 198 Å². The number of rotatable bonds is 6. The van der Waals surface area contributed by atoms with E-state index in [0.717, 1.165) is 44.2 Å². The summed E-state index contributed by atoms with van der Waals surface area (Å²) < 4.78 is 28.4. The van der Waals surface area contributed by atoms with Gasteiger partial charge in [0.25, 0.3) is 0 Å². The summed E-state index contributed by atoms with van der Waals surface area (Å²) in [6, 6.07) is 19.5. The van der Waals surface area contributed by atoms with Crippen molar-refractivity contribution in [3.05, 3.63) is 88.8 Å². The van der Waals surface area contributed by atoms with Crippen LogP contribution in [0.15, 0.2) is 65.2 Å². The average molecular weight is 474 g/mol. The Morgan fingerprint density at radius 3 is 2.47 bits per heavy atom. The lowest BCUT2D eigenvalue weighted by Gasteiger charge is -2.10. The summed E-state index contributed by atoms with van der Waals surface area (Å²) in [7, 11) is 0. The Hall–Kier alpha value is -3.75. The molecule has 0 aliphatic rings. The molecule has 34 heavy (non-hydrogen) atoms. The van der Waals surface area contributed by atoms with Crippen LogP contribution in [0.5, 0.6) is 0 Å². The van der Waals surface area contributed by atoms with E-state index < -0.39 is 17.0 Å². The number of fused-ring (bicyclic) bond motifs is 3. The molecule has 0 aliphatic carbocycles. The van der Waals surface area contributed by atoms with E-state index in [1.807, 2.05) is 68.4 Å². The van der Waals surface area contributed by atoms with Gasteiger partial charge in [0.15, 0.2) is 11.1 Å². The predicted molar refractivity (Wildman–Crippen MR) is 133 cm³/mol. The van der Waals surface area contributed by atoms with Crippen LogP contribution in [-0.2, 0) is 23.4 Å². The van der Waals surface area contributed by atoms with Crippen LogP contribution in [0.1, 0.15) is 32.9 Å². The predicted octanol–water partition coefficient (Wildman–Crippen LogP) is 4.94. The zero-order chi connectivity index (χ0) is 24.0. The second-order valence-corrected chi connectivity index (χ2v) is 9.30. The first-order valence-corrected chi connectivity index (χ1v) is 12.0. The molecule has 2 heterocycles. The van der Waals surface area contributed by atoms with Crippen molar-refractivity contribution in [2.45, 2.75) is 26.1 Å². The minimum atomic E-state index is -1.98. The fourth-order valence-electron chi connectivity index (χ4n) is 4.67. The molecule has 0 saturated heterocycles. The topological polar surface area (TPSA) is 111 Å². The number of benzene rings is 3. The average Bonchev–Trinajstić information content (AvgIpc) is 3.29. The third-order valence-electron chi connectivity index (χ3n) is 6.09. The van der Waals surface area contributed by atoms with Crippen molar-refractivity contribution in [3.8, 4) is 11.1 Å². The van der Waals surface area contributed by atoms with Crippen LogP contribution in [0.25, 0.3) is 32.9 Å². The molecule has 8 heteroatoms. The number of hydrogen-bond acceptors (Lipinski definition) is 4. The van der Waals surface area contributed by atoms with E-state index in [9.17, 15) is 13.6 Å². The van der Waals surface area contributed by atoms with E-state index >= 15 is 0 Å². The maximum atomic E-state index is 12.7. The first-order valence-electron chi connectivity index (χ1n) is 10.8. The zero-order valence-corrected chi connectivity index (χ0v) is 19.6. The molecule has 1 unspecified atom stereocenters. The quantitative estimate of drug-likeness (QED) is 0.340.